The second-order valence-electron chi connectivity index (χ2n) is 3.76. The summed E-state index contributed by atoms with van der Waals surface area (Å²) in [4.78, 5) is 24.3. The van der Waals surface area contributed by atoms with Gasteiger partial charge in [-0.25, -0.2) is 0 Å². The molecule has 1 heterocycles. The molecule has 0 aromatic heterocycles. The highest BCUT2D eigenvalue weighted by Gasteiger charge is 2.24. The van der Waals surface area contributed by atoms with Crippen LogP contribution in [0.1, 0.15) is 19.8 Å². The molecule has 2 amide bonds. The number of rotatable bonds is 2. The van der Waals surface area contributed by atoms with Gasteiger partial charge >= 0.3 is 0 Å². The third-order valence-corrected chi connectivity index (χ3v) is 2.55. The molecule has 0 saturated carbocycles. The summed E-state index contributed by atoms with van der Waals surface area (Å²) in [5, 5.41) is 0. The van der Waals surface area contributed by atoms with E-state index >= 15 is 0 Å². The van der Waals surface area contributed by atoms with E-state index in [2.05, 4.69) is 15.7 Å². The normalized spacial score (nSPS) is 21.9. The molecule has 1 aliphatic heterocycles. The van der Waals surface area contributed by atoms with Crippen LogP contribution >= 0.6 is 0 Å². The quantitative estimate of drug-likeness (QED) is 0.478. The number of piperidine rings is 1. The van der Waals surface area contributed by atoms with Crippen molar-refractivity contribution < 1.29 is 9.59 Å². The van der Waals surface area contributed by atoms with Gasteiger partial charge in [-0.3, -0.25) is 20.4 Å². The van der Waals surface area contributed by atoms with E-state index in [-0.39, 0.29) is 17.7 Å². The Bertz CT molecular complexity index is 248. The van der Waals surface area contributed by atoms with Crippen LogP contribution < -0.4 is 10.9 Å². The topological polar surface area (TPSA) is 61.4 Å². The summed E-state index contributed by atoms with van der Waals surface area (Å²) in [5.41, 5.74) is 4.73. The van der Waals surface area contributed by atoms with Gasteiger partial charge in [-0.2, -0.15) is 0 Å². The second kappa shape index (κ2) is 5.75. The first kappa shape index (κ1) is 12.0. The smallest absolute Gasteiger partial charge is 0.242 e. The number of hydrazine groups is 1. The van der Waals surface area contributed by atoms with Crippen LogP contribution in [0.15, 0.2) is 0 Å². The van der Waals surface area contributed by atoms with E-state index in [9.17, 15) is 9.59 Å². The number of carbonyl (C=O) groups excluding carboxylic acids is 2. The zero-order valence-electron chi connectivity index (χ0n) is 9.25. The van der Waals surface area contributed by atoms with E-state index in [4.69, 9.17) is 0 Å². The molecule has 1 unspecified atom stereocenters. The maximum Gasteiger partial charge on any atom is 0.242 e. The van der Waals surface area contributed by atoms with Crippen molar-refractivity contribution in [2.45, 2.75) is 26.6 Å². The van der Waals surface area contributed by atoms with Crippen molar-refractivity contribution in [1.82, 2.24) is 15.7 Å². The number of hydrogen-bond donors (Lipinski definition) is 2. The minimum atomic E-state index is -0.252. The minimum absolute atomic E-state index is 0.0261. The predicted molar refractivity (Wildman–Crippen MR) is 57.9 cm³/mol. The summed E-state index contributed by atoms with van der Waals surface area (Å²) < 4.78 is 0. The molecule has 1 rings (SSSR count). The summed E-state index contributed by atoms with van der Waals surface area (Å²) in [5.74, 6) is -0.378. The molecule has 83 valence electrons. The van der Waals surface area contributed by atoms with Gasteiger partial charge < -0.3 is 4.81 Å². The molecular weight excluding hydrogens is 193 g/mol. The Morgan fingerprint density at radius 1 is 1.40 bits per heavy atom. The molecule has 15 heavy (non-hydrogen) atoms. The van der Waals surface area contributed by atoms with E-state index < -0.39 is 0 Å². The van der Waals surface area contributed by atoms with Gasteiger partial charge in [0.05, 0.1) is 5.92 Å². The summed E-state index contributed by atoms with van der Waals surface area (Å²) in [6.45, 7) is 5.09. The highest BCUT2D eigenvalue weighted by atomic mass is 16.2. The van der Waals surface area contributed by atoms with E-state index in [1.807, 2.05) is 14.2 Å². The van der Waals surface area contributed by atoms with Gasteiger partial charge in [-0.05, 0) is 25.9 Å². The number of nitrogens with zero attached hydrogens (tertiary/aromatic N) is 1. The highest BCUT2D eigenvalue weighted by Crippen LogP contribution is 2.15. The van der Waals surface area contributed by atoms with Crippen molar-refractivity contribution in [3.8, 4) is 0 Å². The van der Waals surface area contributed by atoms with Crippen LogP contribution in [0.25, 0.3) is 0 Å². The molecule has 0 bridgehead atoms. The SMILES string of the molecule is C[B]N1CCCC(C(=O)NNC(C)=O)C1. The third kappa shape index (κ3) is 3.91. The van der Waals surface area contributed by atoms with E-state index in [1.165, 1.54) is 6.92 Å². The Labute approximate surface area is 90.8 Å². The molecule has 1 aliphatic rings. The van der Waals surface area contributed by atoms with Gasteiger partial charge in [-0.1, -0.05) is 6.82 Å². The molecule has 5 nitrogen and oxygen atoms in total. The van der Waals surface area contributed by atoms with Crippen LogP contribution in [-0.4, -0.2) is 37.1 Å². The first-order valence-electron chi connectivity index (χ1n) is 5.23. The highest BCUT2D eigenvalue weighted by molar-refractivity contribution is 6.29. The first-order chi connectivity index (χ1) is 7.13. The van der Waals surface area contributed by atoms with Crippen LogP contribution in [0, 0.1) is 5.92 Å². The largest absolute Gasteiger partial charge is 0.346 e. The predicted octanol–water partition coefficient (Wildman–Crippen LogP) is -0.467. The molecular formula is C9H17BN3O2. The lowest BCUT2D eigenvalue weighted by Gasteiger charge is -2.30. The lowest BCUT2D eigenvalue weighted by molar-refractivity contribution is -0.131. The zero-order valence-corrected chi connectivity index (χ0v) is 9.25. The fourth-order valence-electron chi connectivity index (χ4n) is 1.71. The average molecular weight is 210 g/mol. The Morgan fingerprint density at radius 3 is 2.73 bits per heavy atom. The van der Waals surface area contributed by atoms with Crippen molar-refractivity contribution in [3.05, 3.63) is 0 Å². The maximum absolute atomic E-state index is 11.6. The Kier molecular flexibility index (Phi) is 4.61. The molecule has 1 radical (unpaired) electrons. The fraction of sp³-hybridized carbons (Fsp3) is 0.778. The van der Waals surface area contributed by atoms with Crippen molar-refractivity contribution in [3.63, 3.8) is 0 Å². The van der Waals surface area contributed by atoms with Crippen LogP contribution in [0.3, 0.4) is 0 Å². The first-order valence-corrected chi connectivity index (χ1v) is 5.23. The van der Waals surface area contributed by atoms with E-state index in [1.54, 1.807) is 0 Å². The van der Waals surface area contributed by atoms with Crippen molar-refractivity contribution >= 4 is 19.2 Å². The number of amides is 2. The Morgan fingerprint density at radius 2 is 2.13 bits per heavy atom. The molecule has 0 aliphatic carbocycles. The molecule has 0 spiro atoms. The van der Waals surface area contributed by atoms with E-state index in [0.29, 0.717) is 0 Å². The molecule has 1 fully saturated rings. The van der Waals surface area contributed by atoms with Crippen LogP contribution in [-0.2, 0) is 9.59 Å². The molecule has 6 heteroatoms. The van der Waals surface area contributed by atoms with Gasteiger partial charge in [0.2, 0.25) is 19.2 Å². The lowest BCUT2D eigenvalue weighted by Crippen LogP contribution is -2.48. The number of hydrogen-bond acceptors (Lipinski definition) is 3. The summed E-state index contributed by atoms with van der Waals surface area (Å²) in [6.07, 6.45) is 1.90. The Hall–Kier alpha value is -1.04. The summed E-state index contributed by atoms with van der Waals surface area (Å²) >= 11 is 0. The molecule has 0 aromatic carbocycles. The third-order valence-electron chi connectivity index (χ3n) is 2.55. The Balaban J connectivity index is 2.35. The summed E-state index contributed by atoms with van der Waals surface area (Å²) in [6, 6.07) is 0. The maximum atomic E-state index is 11.6. The van der Waals surface area contributed by atoms with Gasteiger partial charge in [-0.15, -0.1) is 0 Å². The van der Waals surface area contributed by atoms with Gasteiger partial charge in [0.25, 0.3) is 0 Å². The van der Waals surface area contributed by atoms with Crippen molar-refractivity contribution in [1.29, 1.82) is 0 Å². The van der Waals surface area contributed by atoms with Gasteiger partial charge in [0.1, 0.15) is 0 Å². The lowest BCUT2D eigenvalue weighted by atomic mass is 9.87. The second-order valence-corrected chi connectivity index (χ2v) is 3.76. The summed E-state index contributed by atoms with van der Waals surface area (Å²) in [7, 11) is 2.00. The standard InChI is InChI=1S/C9H17BN3O2/c1-7(14)11-12-9(15)8-4-3-5-13(6-8)10-2/h8H,3-6H2,1-2H3,(H,11,14)(H,12,15). The minimum Gasteiger partial charge on any atom is -0.346 e. The fourth-order valence-corrected chi connectivity index (χ4v) is 1.71. The van der Waals surface area contributed by atoms with E-state index in [0.717, 1.165) is 25.9 Å². The van der Waals surface area contributed by atoms with Gasteiger partial charge in [0, 0.05) is 6.92 Å². The zero-order chi connectivity index (χ0) is 11.3. The number of carbonyl (C=O) groups is 2. The van der Waals surface area contributed by atoms with Crippen LogP contribution in [0.2, 0.25) is 6.82 Å². The van der Waals surface area contributed by atoms with Crippen LogP contribution in [0.5, 0.6) is 0 Å². The molecule has 1 saturated heterocycles. The van der Waals surface area contributed by atoms with Crippen molar-refractivity contribution in [2.75, 3.05) is 13.1 Å². The van der Waals surface area contributed by atoms with Crippen molar-refractivity contribution in [2.24, 2.45) is 5.92 Å². The van der Waals surface area contributed by atoms with Crippen LogP contribution in [0.4, 0.5) is 0 Å². The average Bonchev–Trinajstić information content (AvgIpc) is 2.26. The molecule has 2 N–H and O–H groups in total. The van der Waals surface area contributed by atoms with Gasteiger partial charge in [0.15, 0.2) is 0 Å². The molecule has 0 aromatic rings. The monoisotopic (exact) mass is 210 g/mol. The number of nitrogens with one attached hydrogen (secondary N) is 2. The molecule has 1 atom stereocenters.